The molecular formula is C23H23ClN4OS2. The number of rotatable bonds is 5. The molecule has 1 N–H and O–H groups in total. The van der Waals surface area contributed by atoms with Gasteiger partial charge in [0, 0.05) is 16.0 Å². The summed E-state index contributed by atoms with van der Waals surface area (Å²) in [5.74, 6) is 0.812. The number of aromatic nitrogens is 3. The molecule has 5 nitrogen and oxygen atoms in total. The lowest BCUT2D eigenvalue weighted by Gasteiger charge is -2.18. The Morgan fingerprint density at radius 1 is 1.16 bits per heavy atom. The minimum Gasteiger partial charge on any atom is -0.310 e. The zero-order chi connectivity index (χ0) is 22.2. The molecule has 31 heavy (non-hydrogen) atoms. The van der Waals surface area contributed by atoms with Crippen molar-refractivity contribution in [3.8, 4) is 5.13 Å². The Hall–Kier alpha value is -2.35. The van der Waals surface area contributed by atoms with E-state index in [4.69, 9.17) is 16.6 Å². The Morgan fingerprint density at radius 3 is 2.61 bits per heavy atom. The summed E-state index contributed by atoms with van der Waals surface area (Å²) in [6.45, 7) is 8.49. The summed E-state index contributed by atoms with van der Waals surface area (Å²) in [5.41, 5.74) is 3.08. The fourth-order valence-electron chi connectivity index (χ4n) is 3.06. The van der Waals surface area contributed by atoms with E-state index in [-0.39, 0.29) is 11.3 Å². The largest absolute Gasteiger partial charge is 0.310 e. The maximum Gasteiger partial charge on any atom is 0.235 e. The number of hydrogen-bond acceptors (Lipinski definition) is 5. The number of thiazole rings is 1. The second kappa shape index (κ2) is 8.65. The van der Waals surface area contributed by atoms with Gasteiger partial charge in [0.25, 0.3) is 0 Å². The number of nitrogens with zero attached hydrogens (tertiary/aromatic N) is 3. The number of nitrogens with one attached hydrogen (secondary N) is 1. The maximum absolute atomic E-state index is 12.6. The van der Waals surface area contributed by atoms with Crippen LogP contribution < -0.4 is 5.32 Å². The highest BCUT2D eigenvalue weighted by molar-refractivity contribution is 8.00. The number of carbonyl (C=O) groups is 1. The van der Waals surface area contributed by atoms with E-state index >= 15 is 0 Å². The number of fused-ring (bicyclic) bond motifs is 1. The van der Waals surface area contributed by atoms with Gasteiger partial charge in [0.15, 0.2) is 0 Å². The SMILES string of the molecule is Cc1cc(NC(=O)CSc2ccc(Cl)cc2)n(-c2nc3ccc(C(C)(C)C)cc3s2)n1. The van der Waals surface area contributed by atoms with Crippen LogP contribution in [0, 0.1) is 6.92 Å². The lowest BCUT2D eigenvalue weighted by atomic mass is 9.87. The van der Waals surface area contributed by atoms with Crippen LogP contribution in [-0.2, 0) is 10.2 Å². The summed E-state index contributed by atoms with van der Waals surface area (Å²) in [6, 6.07) is 15.7. The predicted octanol–water partition coefficient (Wildman–Crippen LogP) is 6.47. The van der Waals surface area contributed by atoms with Gasteiger partial charge in [0.1, 0.15) is 5.82 Å². The van der Waals surface area contributed by atoms with Crippen molar-refractivity contribution < 1.29 is 4.79 Å². The molecule has 0 fully saturated rings. The molecule has 0 atom stereocenters. The van der Waals surface area contributed by atoms with Crippen LogP contribution in [0.5, 0.6) is 0 Å². The Balaban J connectivity index is 1.54. The molecule has 0 unspecified atom stereocenters. The summed E-state index contributed by atoms with van der Waals surface area (Å²) >= 11 is 8.94. The molecular weight excluding hydrogens is 448 g/mol. The molecule has 2 heterocycles. The molecule has 0 aliphatic rings. The van der Waals surface area contributed by atoms with E-state index in [9.17, 15) is 4.79 Å². The minimum absolute atomic E-state index is 0.0710. The van der Waals surface area contributed by atoms with E-state index in [0.29, 0.717) is 16.6 Å². The first-order valence-corrected chi connectivity index (χ1v) is 12.0. The van der Waals surface area contributed by atoms with Crippen molar-refractivity contribution in [3.63, 3.8) is 0 Å². The van der Waals surface area contributed by atoms with Crippen LogP contribution in [0.25, 0.3) is 15.3 Å². The van der Waals surface area contributed by atoms with Gasteiger partial charge in [-0.25, -0.2) is 4.98 Å². The third kappa shape index (κ3) is 5.11. The van der Waals surface area contributed by atoms with E-state index in [1.165, 1.54) is 17.3 Å². The van der Waals surface area contributed by atoms with Gasteiger partial charge < -0.3 is 5.32 Å². The first kappa shape index (κ1) is 21.9. The molecule has 0 aliphatic heterocycles. The van der Waals surface area contributed by atoms with Crippen molar-refractivity contribution in [2.24, 2.45) is 0 Å². The lowest BCUT2D eigenvalue weighted by Crippen LogP contribution is -2.16. The number of halogens is 1. The van der Waals surface area contributed by atoms with Crippen molar-refractivity contribution in [2.75, 3.05) is 11.1 Å². The number of carbonyl (C=O) groups excluding carboxylic acids is 1. The first-order chi connectivity index (χ1) is 14.7. The Morgan fingerprint density at radius 2 is 1.90 bits per heavy atom. The highest BCUT2D eigenvalue weighted by Gasteiger charge is 2.18. The maximum atomic E-state index is 12.6. The van der Waals surface area contributed by atoms with Crippen LogP contribution >= 0.6 is 34.7 Å². The van der Waals surface area contributed by atoms with Crippen molar-refractivity contribution in [1.29, 1.82) is 0 Å². The number of aryl methyl sites for hydroxylation is 1. The summed E-state index contributed by atoms with van der Waals surface area (Å²) in [5, 5.41) is 8.94. The molecule has 0 spiro atoms. The van der Waals surface area contributed by atoms with Gasteiger partial charge in [-0.15, -0.1) is 11.8 Å². The fraction of sp³-hybridized carbons (Fsp3) is 0.261. The van der Waals surface area contributed by atoms with Crippen molar-refractivity contribution in [2.45, 2.75) is 38.0 Å². The molecule has 2 aromatic heterocycles. The number of anilines is 1. The lowest BCUT2D eigenvalue weighted by molar-refractivity contribution is -0.113. The summed E-state index contributed by atoms with van der Waals surface area (Å²) < 4.78 is 2.81. The van der Waals surface area contributed by atoms with Gasteiger partial charge in [-0.1, -0.05) is 49.8 Å². The third-order valence-electron chi connectivity index (χ3n) is 4.71. The first-order valence-electron chi connectivity index (χ1n) is 9.85. The molecule has 1 amide bonds. The molecule has 160 valence electrons. The topological polar surface area (TPSA) is 59.8 Å². The standard InChI is InChI=1S/C23H23ClN4OS2/c1-14-11-20(26-21(29)13-30-17-8-6-16(24)7-9-17)28(27-14)22-25-18-10-5-15(23(2,3)4)12-19(18)31-22/h5-12H,13H2,1-4H3,(H,26,29). The van der Waals surface area contributed by atoms with E-state index in [1.807, 2.05) is 43.3 Å². The third-order valence-corrected chi connectivity index (χ3v) is 6.96. The molecule has 4 rings (SSSR count). The summed E-state index contributed by atoms with van der Waals surface area (Å²) in [6.07, 6.45) is 0. The minimum atomic E-state index is -0.0998. The zero-order valence-corrected chi connectivity index (χ0v) is 20.2. The quantitative estimate of drug-likeness (QED) is 0.339. The number of thioether (sulfide) groups is 1. The fourth-order valence-corrected chi connectivity index (χ4v) is 4.86. The molecule has 0 saturated heterocycles. The number of benzene rings is 2. The normalized spacial score (nSPS) is 11.8. The average molecular weight is 471 g/mol. The van der Waals surface area contributed by atoms with Gasteiger partial charge >= 0.3 is 0 Å². The second-order valence-electron chi connectivity index (χ2n) is 8.30. The Labute approximate surface area is 194 Å². The van der Waals surface area contributed by atoms with Crippen molar-refractivity contribution >= 4 is 56.6 Å². The van der Waals surface area contributed by atoms with Crippen molar-refractivity contribution in [1.82, 2.24) is 14.8 Å². The predicted molar refractivity (Wildman–Crippen MR) is 131 cm³/mol. The van der Waals surface area contributed by atoms with Gasteiger partial charge in [0.05, 0.1) is 21.7 Å². The monoisotopic (exact) mass is 470 g/mol. The van der Waals surface area contributed by atoms with Gasteiger partial charge in [-0.3, -0.25) is 4.79 Å². The molecule has 0 radical (unpaired) electrons. The van der Waals surface area contributed by atoms with Crippen LogP contribution in [0.15, 0.2) is 53.4 Å². The molecule has 4 aromatic rings. The summed E-state index contributed by atoms with van der Waals surface area (Å²) in [7, 11) is 0. The van der Waals surface area contributed by atoms with Crippen LogP contribution in [0.4, 0.5) is 5.82 Å². The second-order valence-corrected chi connectivity index (χ2v) is 10.8. The smallest absolute Gasteiger partial charge is 0.235 e. The average Bonchev–Trinajstić information content (AvgIpc) is 3.29. The molecule has 8 heteroatoms. The van der Waals surface area contributed by atoms with Gasteiger partial charge in [-0.2, -0.15) is 9.78 Å². The van der Waals surface area contributed by atoms with Crippen molar-refractivity contribution in [3.05, 3.63) is 64.8 Å². The molecule has 0 aliphatic carbocycles. The highest BCUT2D eigenvalue weighted by Crippen LogP contribution is 2.31. The number of amides is 1. The molecule has 0 bridgehead atoms. The van der Waals surface area contributed by atoms with Gasteiger partial charge in [0.2, 0.25) is 11.0 Å². The van der Waals surface area contributed by atoms with E-state index in [0.717, 1.165) is 25.9 Å². The van der Waals surface area contributed by atoms with Crippen LogP contribution in [0.2, 0.25) is 5.02 Å². The highest BCUT2D eigenvalue weighted by atomic mass is 35.5. The van der Waals surface area contributed by atoms with Gasteiger partial charge in [-0.05, 0) is 54.3 Å². The van der Waals surface area contributed by atoms with E-state index in [2.05, 4.69) is 43.3 Å². The Kier molecular flexibility index (Phi) is 6.10. The zero-order valence-electron chi connectivity index (χ0n) is 17.8. The molecule has 0 saturated carbocycles. The number of hydrogen-bond donors (Lipinski definition) is 1. The summed E-state index contributed by atoms with van der Waals surface area (Å²) in [4.78, 5) is 18.3. The van der Waals surface area contributed by atoms with E-state index < -0.39 is 0 Å². The van der Waals surface area contributed by atoms with Crippen LogP contribution in [-0.4, -0.2) is 26.4 Å². The van der Waals surface area contributed by atoms with Crippen LogP contribution in [0.1, 0.15) is 32.0 Å². The van der Waals surface area contributed by atoms with E-state index in [1.54, 1.807) is 16.0 Å². The van der Waals surface area contributed by atoms with Crippen LogP contribution in [0.3, 0.4) is 0 Å². The molecule has 2 aromatic carbocycles. The Bertz CT molecular complexity index is 1240.